The summed E-state index contributed by atoms with van der Waals surface area (Å²) in [5, 5.41) is 0.486. The van der Waals surface area contributed by atoms with E-state index >= 15 is 0 Å². The van der Waals surface area contributed by atoms with Gasteiger partial charge in [-0.3, -0.25) is 4.98 Å². The lowest BCUT2D eigenvalue weighted by Crippen LogP contribution is -2.24. The third-order valence-corrected chi connectivity index (χ3v) is 3.79. The molecule has 3 nitrogen and oxygen atoms in total. The third kappa shape index (κ3) is 1.62. The van der Waals surface area contributed by atoms with E-state index < -0.39 is 0 Å². The van der Waals surface area contributed by atoms with Crippen LogP contribution in [-0.4, -0.2) is 30.7 Å². The van der Waals surface area contributed by atoms with E-state index in [9.17, 15) is 0 Å². The van der Waals surface area contributed by atoms with Crippen molar-refractivity contribution in [2.75, 3.05) is 18.5 Å². The van der Waals surface area contributed by atoms with E-state index in [-0.39, 0.29) is 0 Å². The molecule has 0 aromatic carbocycles. The summed E-state index contributed by atoms with van der Waals surface area (Å²) in [7, 11) is 2.11. The quantitative estimate of drug-likeness (QED) is 0.710. The van der Waals surface area contributed by atoms with Crippen molar-refractivity contribution in [3.05, 3.63) is 18.5 Å². The molecule has 2 heterocycles. The fraction of sp³-hybridized carbons (Fsp3) is 0.400. The first-order valence-corrected chi connectivity index (χ1v) is 5.47. The maximum atomic E-state index is 4.13. The van der Waals surface area contributed by atoms with Gasteiger partial charge in [-0.15, -0.1) is 0 Å². The standard InChI is InChI=1S/C10H13N3S/c1-11-5-4-10-13(2)8-7-12-6-3-9(8)14-10/h3,6-7,10H,1,4-5H2,2H3. The largest absolute Gasteiger partial charge is 0.360 e. The summed E-state index contributed by atoms with van der Waals surface area (Å²) in [6.07, 6.45) is 4.80. The molecule has 1 aliphatic rings. The molecule has 0 radical (unpaired) electrons. The lowest BCUT2D eigenvalue weighted by molar-refractivity contribution is 0.761. The number of nitrogens with zero attached hydrogens (tertiary/aromatic N) is 3. The van der Waals surface area contributed by atoms with Crippen LogP contribution in [0.5, 0.6) is 0 Å². The first-order valence-electron chi connectivity index (χ1n) is 4.59. The van der Waals surface area contributed by atoms with Gasteiger partial charge in [-0.05, 0) is 19.2 Å². The molecule has 0 saturated carbocycles. The molecule has 1 aromatic heterocycles. The molecule has 1 atom stereocenters. The highest BCUT2D eigenvalue weighted by Gasteiger charge is 2.26. The van der Waals surface area contributed by atoms with E-state index in [1.165, 1.54) is 10.6 Å². The van der Waals surface area contributed by atoms with Crippen molar-refractivity contribution in [2.24, 2.45) is 4.99 Å². The van der Waals surface area contributed by atoms with Crippen LogP contribution in [0.15, 0.2) is 28.3 Å². The molecule has 0 spiro atoms. The van der Waals surface area contributed by atoms with E-state index in [1.807, 2.05) is 24.2 Å². The summed E-state index contributed by atoms with van der Waals surface area (Å²) in [6.45, 7) is 4.33. The van der Waals surface area contributed by atoms with Crippen molar-refractivity contribution < 1.29 is 0 Å². The van der Waals surface area contributed by atoms with Crippen LogP contribution in [0.25, 0.3) is 0 Å². The van der Waals surface area contributed by atoms with Crippen molar-refractivity contribution in [3.63, 3.8) is 0 Å². The van der Waals surface area contributed by atoms with Gasteiger partial charge in [0.2, 0.25) is 0 Å². The minimum Gasteiger partial charge on any atom is -0.360 e. The summed E-state index contributed by atoms with van der Waals surface area (Å²) in [5.41, 5.74) is 1.23. The molecule has 0 aliphatic carbocycles. The Morgan fingerprint density at radius 3 is 3.29 bits per heavy atom. The second-order valence-corrected chi connectivity index (χ2v) is 4.48. The maximum absolute atomic E-state index is 4.13. The predicted molar refractivity (Wildman–Crippen MR) is 61.3 cm³/mol. The minimum absolute atomic E-state index is 0.486. The van der Waals surface area contributed by atoms with Gasteiger partial charge in [0, 0.05) is 24.7 Å². The molecule has 14 heavy (non-hydrogen) atoms. The molecule has 1 aliphatic heterocycles. The van der Waals surface area contributed by atoms with Crippen LogP contribution < -0.4 is 4.90 Å². The Morgan fingerprint density at radius 1 is 1.71 bits per heavy atom. The van der Waals surface area contributed by atoms with E-state index in [0.29, 0.717) is 5.37 Å². The lowest BCUT2D eigenvalue weighted by atomic mass is 10.3. The van der Waals surface area contributed by atoms with Crippen molar-refractivity contribution in [3.8, 4) is 0 Å². The predicted octanol–water partition coefficient (Wildman–Crippen LogP) is 2.04. The number of thioether (sulfide) groups is 1. The molecular formula is C10H13N3S. The molecule has 2 rings (SSSR count). The number of rotatable bonds is 3. The number of pyridine rings is 1. The lowest BCUT2D eigenvalue weighted by Gasteiger charge is -2.20. The van der Waals surface area contributed by atoms with Crippen molar-refractivity contribution in [2.45, 2.75) is 16.7 Å². The highest BCUT2D eigenvalue weighted by molar-refractivity contribution is 8.00. The topological polar surface area (TPSA) is 28.5 Å². The zero-order valence-electron chi connectivity index (χ0n) is 8.18. The normalized spacial score (nSPS) is 19.5. The second kappa shape index (κ2) is 4.00. The van der Waals surface area contributed by atoms with E-state index in [0.717, 1.165) is 13.0 Å². The van der Waals surface area contributed by atoms with Gasteiger partial charge in [-0.25, -0.2) is 0 Å². The Balaban J connectivity index is 2.13. The molecular weight excluding hydrogens is 194 g/mol. The van der Waals surface area contributed by atoms with Gasteiger partial charge in [0.15, 0.2) is 0 Å². The molecule has 0 fully saturated rings. The van der Waals surface area contributed by atoms with Gasteiger partial charge in [-0.2, -0.15) is 0 Å². The monoisotopic (exact) mass is 207 g/mol. The van der Waals surface area contributed by atoms with Gasteiger partial charge in [0.25, 0.3) is 0 Å². The molecule has 0 bridgehead atoms. The number of anilines is 1. The number of aliphatic imine (C=N–C) groups is 1. The SMILES string of the molecule is C=NCCC1Sc2ccncc2N1C. The molecule has 0 N–H and O–H groups in total. The Labute approximate surface area is 88.2 Å². The van der Waals surface area contributed by atoms with Crippen molar-refractivity contribution in [1.82, 2.24) is 4.98 Å². The summed E-state index contributed by atoms with van der Waals surface area (Å²) < 4.78 is 0. The van der Waals surface area contributed by atoms with E-state index in [1.54, 1.807) is 0 Å². The second-order valence-electron chi connectivity index (χ2n) is 3.26. The maximum Gasteiger partial charge on any atom is 0.0812 e. The molecule has 74 valence electrons. The van der Waals surface area contributed by atoms with Crippen LogP contribution in [0.3, 0.4) is 0 Å². The molecule has 1 unspecified atom stereocenters. The van der Waals surface area contributed by atoms with Crippen molar-refractivity contribution >= 4 is 24.2 Å². The van der Waals surface area contributed by atoms with E-state index in [4.69, 9.17) is 0 Å². The number of hydrogen-bond acceptors (Lipinski definition) is 4. The Hall–Kier alpha value is -1.03. The fourth-order valence-corrected chi connectivity index (χ4v) is 2.82. The van der Waals surface area contributed by atoms with Crippen LogP contribution >= 0.6 is 11.8 Å². The first-order chi connectivity index (χ1) is 6.83. The van der Waals surface area contributed by atoms with Gasteiger partial charge < -0.3 is 9.89 Å². The van der Waals surface area contributed by atoms with Gasteiger partial charge in [0.05, 0.1) is 17.3 Å². The molecule has 0 saturated heterocycles. The Morgan fingerprint density at radius 2 is 2.57 bits per heavy atom. The first kappa shape index (κ1) is 9.52. The summed E-state index contributed by atoms with van der Waals surface area (Å²) in [5.74, 6) is 0. The zero-order chi connectivity index (χ0) is 9.97. The van der Waals surface area contributed by atoms with Crippen LogP contribution in [0.4, 0.5) is 5.69 Å². The summed E-state index contributed by atoms with van der Waals surface area (Å²) in [6, 6.07) is 2.07. The van der Waals surface area contributed by atoms with Crippen molar-refractivity contribution in [1.29, 1.82) is 0 Å². The minimum atomic E-state index is 0.486. The zero-order valence-corrected chi connectivity index (χ0v) is 9.00. The van der Waals surface area contributed by atoms with Crippen LogP contribution in [0.2, 0.25) is 0 Å². The smallest absolute Gasteiger partial charge is 0.0812 e. The third-order valence-electron chi connectivity index (χ3n) is 2.37. The summed E-state index contributed by atoms with van der Waals surface area (Å²) in [4.78, 5) is 11.6. The highest BCUT2D eigenvalue weighted by atomic mass is 32.2. The van der Waals surface area contributed by atoms with Gasteiger partial charge in [-0.1, -0.05) is 11.8 Å². The highest BCUT2D eigenvalue weighted by Crippen LogP contribution is 2.42. The van der Waals surface area contributed by atoms with Crippen LogP contribution in [-0.2, 0) is 0 Å². The molecule has 1 aromatic rings. The number of fused-ring (bicyclic) bond motifs is 1. The van der Waals surface area contributed by atoms with E-state index in [2.05, 4.69) is 34.7 Å². The fourth-order valence-electron chi connectivity index (χ4n) is 1.57. The Bertz CT molecular complexity index is 340. The van der Waals surface area contributed by atoms with Crippen LogP contribution in [0.1, 0.15) is 6.42 Å². The number of hydrogen-bond donors (Lipinski definition) is 0. The summed E-state index contributed by atoms with van der Waals surface area (Å²) >= 11 is 1.88. The van der Waals surface area contributed by atoms with Gasteiger partial charge >= 0.3 is 0 Å². The molecule has 4 heteroatoms. The van der Waals surface area contributed by atoms with Crippen LogP contribution in [0, 0.1) is 0 Å². The Kier molecular flexibility index (Phi) is 2.72. The average Bonchev–Trinajstić information content (AvgIpc) is 2.54. The molecule has 0 amide bonds. The van der Waals surface area contributed by atoms with Gasteiger partial charge in [0.1, 0.15) is 0 Å². The average molecular weight is 207 g/mol. The number of aromatic nitrogens is 1.